The molecule has 1 fully saturated rings. The van der Waals surface area contributed by atoms with E-state index in [1.807, 2.05) is 18.2 Å². The first kappa shape index (κ1) is 25.4. The van der Waals surface area contributed by atoms with Gasteiger partial charge in [0.25, 0.3) is 11.7 Å². The van der Waals surface area contributed by atoms with Gasteiger partial charge in [-0.3, -0.25) is 14.6 Å². The van der Waals surface area contributed by atoms with Gasteiger partial charge in [-0.05, 0) is 48.3 Å². The molecule has 1 aliphatic heterocycles. The van der Waals surface area contributed by atoms with Gasteiger partial charge in [0.1, 0.15) is 17.6 Å². The molecule has 3 rings (SSSR count). The minimum atomic E-state index is -0.778. The van der Waals surface area contributed by atoms with Crippen molar-refractivity contribution in [3.05, 3.63) is 65.0 Å². The molecule has 2 heterocycles. The maximum Gasteiger partial charge on any atom is 0.295 e. The van der Waals surface area contributed by atoms with Crippen LogP contribution in [0.5, 0.6) is 5.75 Å². The summed E-state index contributed by atoms with van der Waals surface area (Å²) in [5.41, 5.74) is 1.75. The van der Waals surface area contributed by atoms with Crippen molar-refractivity contribution in [3.8, 4) is 5.75 Å². The summed E-state index contributed by atoms with van der Waals surface area (Å²) in [7, 11) is 1.52. The lowest BCUT2D eigenvalue weighted by atomic mass is 9.85. The van der Waals surface area contributed by atoms with Crippen molar-refractivity contribution in [3.63, 3.8) is 0 Å². The van der Waals surface area contributed by atoms with Gasteiger partial charge >= 0.3 is 0 Å². The number of methoxy groups -OCH3 is 1. The molecule has 1 aromatic carbocycles. The molecule has 0 spiro atoms. The van der Waals surface area contributed by atoms with Gasteiger partial charge in [-0.25, -0.2) is 0 Å². The number of aliphatic hydroxyl groups excluding tert-OH is 1. The second-order valence-electron chi connectivity index (χ2n) is 9.44. The Morgan fingerprint density at radius 3 is 2.41 bits per heavy atom. The second kappa shape index (κ2) is 10.4. The number of nitrogens with zero attached hydrogens (tertiary/aromatic N) is 3. The summed E-state index contributed by atoms with van der Waals surface area (Å²) in [4.78, 5) is 34.6. The second-order valence-corrected chi connectivity index (χ2v) is 9.44. The number of carbonyl (C=O) groups is 2. The molecule has 0 bridgehead atoms. The first-order chi connectivity index (χ1) is 16.1. The maximum absolute atomic E-state index is 13.3. The van der Waals surface area contributed by atoms with Crippen LogP contribution in [0.3, 0.4) is 0 Å². The van der Waals surface area contributed by atoms with E-state index in [4.69, 9.17) is 4.74 Å². The van der Waals surface area contributed by atoms with E-state index in [1.165, 1.54) is 12.0 Å². The summed E-state index contributed by atoms with van der Waals surface area (Å²) >= 11 is 0. The lowest BCUT2D eigenvalue weighted by Gasteiger charge is -2.27. The Hall–Kier alpha value is -3.19. The molecule has 0 saturated carbocycles. The Morgan fingerprint density at radius 1 is 1.15 bits per heavy atom. The molecule has 2 aromatic rings. The minimum Gasteiger partial charge on any atom is -0.507 e. The average Bonchev–Trinajstić information content (AvgIpc) is 3.08. The van der Waals surface area contributed by atoms with E-state index in [1.54, 1.807) is 24.4 Å². The fraction of sp³-hybridized carbons (Fsp3) is 0.444. The molecule has 1 amide bonds. The molecule has 0 aliphatic carbocycles. The Kier molecular flexibility index (Phi) is 7.77. The Bertz CT molecular complexity index is 1070. The van der Waals surface area contributed by atoms with Crippen molar-refractivity contribution in [1.29, 1.82) is 0 Å². The summed E-state index contributed by atoms with van der Waals surface area (Å²) in [5.74, 6) is -1.16. The van der Waals surface area contributed by atoms with Gasteiger partial charge in [0, 0.05) is 19.3 Å². The smallest absolute Gasteiger partial charge is 0.295 e. The first-order valence-corrected chi connectivity index (χ1v) is 11.7. The van der Waals surface area contributed by atoms with E-state index in [0.29, 0.717) is 30.1 Å². The summed E-state index contributed by atoms with van der Waals surface area (Å²) in [5, 5.41) is 11.5. The van der Waals surface area contributed by atoms with E-state index in [-0.39, 0.29) is 16.7 Å². The normalized spacial score (nSPS) is 18.1. The molecule has 1 aromatic heterocycles. The van der Waals surface area contributed by atoms with Crippen LogP contribution in [0.25, 0.3) is 5.76 Å². The zero-order valence-electron chi connectivity index (χ0n) is 21.0. The predicted octanol–water partition coefficient (Wildman–Crippen LogP) is 4.15. The van der Waals surface area contributed by atoms with Gasteiger partial charge in [0.15, 0.2) is 0 Å². The fourth-order valence-electron chi connectivity index (χ4n) is 4.25. The van der Waals surface area contributed by atoms with E-state index >= 15 is 0 Å². The van der Waals surface area contributed by atoms with E-state index in [0.717, 1.165) is 18.7 Å². The average molecular weight is 466 g/mol. The molecular formula is C27H35N3O4. The summed E-state index contributed by atoms with van der Waals surface area (Å²) < 4.78 is 5.51. The molecule has 7 heteroatoms. The molecule has 1 atom stereocenters. The van der Waals surface area contributed by atoms with Gasteiger partial charge in [0.05, 0.1) is 23.9 Å². The summed E-state index contributed by atoms with van der Waals surface area (Å²) in [6.45, 7) is 13.0. The van der Waals surface area contributed by atoms with Crippen molar-refractivity contribution in [2.24, 2.45) is 0 Å². The lowest BCUT2D eigenvalue weighted by molar-refractivity contribution is -0.140. The molecule has 1 saturated heterocycles. The summed E-state index contributed by atoms with van der Waals surface area (Å²) in [6, 6.07) is 10.1. The van der Waals surface area contributed by atoms with E-state index in [2.05, 4.69) is 44.5 Å². The van der Waals surface area contributed by atoms with Crippen LogP contribution >= 0.6 is 0 Å². The number of hydrogen-bond donors (Lipinski definition) is 1. The third-order valence-corrected chi connectivity index (χ3v) is 6.38. The number of benzene rings is 1. The van der Waals surface area contributed by atoms with Crippen molar-refractivity contribution >= 4 is 17.4 Å². The molecule has 1 N–H and O–H groups in total. The highest BCUT2D eigenvalue weighted by atomic mass is 16.5. The van der Waals surface area contributed by atoms with Crippen LogP contribution in [0.15, 0.2) is 48.2 Å². The maximum atomic E-state index is 13.3. The SMILES string of the molecule is CCN(CC)CCN1C(=O)C(=O)/C(=C(/O)c2cc(C(C)(C)C)ccc2OC)C1c1ccccn1. The van der Waals surface area contributed by atoms with Gasteiger partial charge in [-0.1, -0.05) is 46.8 Å². The monoisotopic (exact) mass is 465 g/mol. The van der Waals surface area contributed by atoms with Crippen LogP contribution in [0.2, 0.25) is 0 Å². The number of Topliss-reactive ketones (excluding diaryl/α,β-unsaturated/α-hetero) is 1. The lowest BCUT2D eigenvalue weighted by Crippen LogP contribution is -2.38. The summed E-state index contributed by atoms with van der Waals surface area (Å²) in [6.07, 6.45) is 1.63. The quantitative estimate of drug-likeness (QED) is 0.358. The molecule has 7 nitrogen and oxygen atoms in total. The van der Waals surface area contributed by atoms with Crippen LogP contribution in [0, 0.1) is 0 Å². The highest BCUT2D eigenvalue weighted by molar-refractivity contribution is 6.46. The van der Waals surface area contributed by atoms with Crippen molar-refractivity contribution in [2.45, 2.75) is 46.1 Å². The van der Waals surface area contributed by atoms with Crippen LogP contribution in [0.1, 0.15) is 57.5 Å². The first-order valence-electron chi connectivity index (χ1n) is 11.7. The van der Waals surface area contributed by atoms with E-state index in [9.17, 15) is 14.7 Å². The number of rotatable bonds is 8. The van der Waals surface area contributed by atoms with Gasteiger partial charge < -0.3 is 19.6 Å². The number of aliphatic hydroxyl groups is 1. The van der Waals surface area contributed by atoms with Crippen LogP contribution < -0.4 is 4.74 Å². The van der Waals surface area contributed by atoms with Crippen molar-refractivity contribution in [1.82, 2.24) is 14.8 Å². The van der Waals surface area contributed by atoms with E-state index < -0.39 is 17.7 Å². The predicted molar refractivity (Wildman–Crippen MR) is 133 cm³/mol. The number of ether oxygens (including phenoxy) is 1. The number of aromatic nitrogens is 1. The highest BCUT2D eigenvalue weighted by Crippen LogP contribution is 2.41. The number of hydrogen-bond acceptors (Lipinski definition) is 6. The topological polar surface area (TPSA) is 83.0 Å². The molecule has 1 unspecified atom stereocenters. The van der Waals surface area contributed by atoms with Crippen LogP contribution in [0.4, 0.5) is 0 Å². The standard InChI is InChI=1S/C27H35N3O4/c1-7-29(8-2)15-16-30-23(20-11-9-10-14-28-20)22(25(32)26(30)33)24(31)19-17-18(27(3,4)5)12-13-21(19)34-6/h9-14,17,23,31H,7-8,15-16H2,1-6H3/b24-22+. The number of ketones is 1. The number of amides is 1. The van der Waals surface area contributed by atoms with Gasteiger partial charge in [0.2, 0.25) is 0 Å². The Balaban J connectivity index is 2.18. The number of pyridine rings is 1. The Morgan fingerprint density at radius 2 is 1.85 bits per heavy atom. The third-order valence-electron chi connectivity index (χ3n) is 6.38. The minimum absolute atomic E-state index is 0.0348. The number of likely N-dealkylation sites (N-methyl/N-ethyl adjacent to an activating group) is 1. The molecule has 34 heavy (non-hydrogen) atoms. The molecule has 182 valence electrons. The fourth-order valence-corrected chi connectivity index (χ4v) is 4.25. The number of likely N-dealkylation sites (tertiary alicyclic amines) is 1. The van der Waals surface area contributed by atoms with Crippen molar-refractivity contribution in [2.75, 3.05) is 33.3 Å². The highest BCUT2D eigenvalue weighted by Gasteiger charge is 2.47. The van der Waals surface area contributed by atoms with Crippen LogP contribution in [-0.2, 0) is 15.0 Å². The van der Waals surface area contributed by atoms with Gasteiger partial charge in [-0.15, -0.1) is 0 Å². The Labute approximate surface area is 202 Å². The molecule has 1 aliphatic rings. The number of carbonyl (C=O) groups excluding carboxylic acids is 2. The largest absolute Gasteiger partial charge is 0.507 e. The third kappa shape index (κ3) is 4.99. The molecular weight excluding hydrogens is 430 g/mol. The van der Waals surface area contributed by atoms with Gasteiger partial charge in [-0.2, -0.15) is 0 Å². The molecule has 0 radical (unpaired) electrons. The zero-order valence-corrected chi connectivity index (χ0v) is 21.0. The van der Waals surface area contributed by atoms with Crippen LogP contribution in [-0.4, -0.2) is 64.9 Å². The zero-order chi connectivity index (χ0) is 25.0. The van der Waals surface area contributed by atoms with Crippen molar-refractivity contribution < 1.29 is 19.4 Å².